The van der Waals surface area contributed by atoms with Gasteiger partial charge in [0.25, 0.3) is 0 Å². The van der Waals surface area contributed by atoms with Crippen LogP contribution in [0.1, 0.15) is 26.2 Å². The summed E-state index contributed by atoms with van der Waals surface area (Å²) in [5.41, 5.74) is 0. The molecule has 4 heteroatoms. The molecule has 1 rings (SSSR count). The monoisotopic (exact) mass is 172 g/mol. The summed E-state index contributed by atoms with van der Waals surface area (Å²) in [6, 6.07) is 0. The summed E-state index contributed by atoms with van der Waals surface area (Å²) in [4.78, 5) is 21.7. The third kappa shape index (κ3) is 2.22. The van der Waals surface area contributed by atoms with Gasteiger partial charge in [-0.3, -0.25) is 4.79 Å². The molecule has 1 fully saturated rings. The molecular formula is C8H12O4. The van der Waals surface area contributed by atoms with Crippen molar-refractivity contribution in [3.63, 3.8) is 0 Å². The van der Waals surface area contributed by atoms with E-state index in [1.54, 1.807) is 0 Å². The third-order valence-electron chi connectivity index (χ3n) is 1.62. The predicted octanol–water partition coefficient (Wildman–Crippen LogP) is 0.645. The summed E-state index contributed by atoms with van der Waals surface area (Å²) in [5, 5.41) is 0. The van der Waals surface area contributed by atoms with Gasteiger partial charge in [-0.05, 0) is 6.42 Å². The molecule has 0 N–H and O–H groups in total. The van der Waals surface area contributed by atoms with Gasteiger partial charge in [0.05, 0.1) is 6.61 Å². The van der Waals surface area contributed by atoms with Crippen LogP contribution in [0.4, 0.5) is 0 Å². The molecule has 1 unspecified atom stereocenters. The summed E-state index contributed by atoms with van der Waals surface area (Å²) in [6.07, 6.45) is 0.947. The number of rotatable bonds is 3. The number of hydrogen-bond acceptors (Lipinski definition) is 4. The van der Waals surface area contributed by atoms with Gasteiger partial charge < -0.3 is 9.47 Å². The van der Waals surface area contributed by atoms with Crippen molar-refractivity contribution in [1.29, 1.82) is 0 Å². The first-order valence-corrected chi connectivity index (χ1v) is 4.10. The molecular weight excluding hydrogens is 160 g/mol. The standard InChI is InChI=1S/C8H12O4/c1-2-3-7(9)12-6-4-5-11-8(6)10/h6H,2-5H2,1H3. The molecule has 12 heavy (non-hydrogen) atoms. The molecule has 1 aliphatic heterocycles. The molecule has 1 atom stereocenters. The van der Waals surface area contributed by atoms with E-state index in [0.29, 0.717) is 19.4 Å². The Balaban J connectivity index is 2.30. The van der Waals surface area contributed by atoms with Crippen molar-refractivity contribution in [3.8, 4) is 0 Å². The van der Waals surface area contributed by atoms with Gasteiger partial charge in [0, 0.05) is 12.8 Å². The van der Waals surface area contributed by atoms with E-state index >= 15 is 0 Å². The summed E-state index contributed by atoms with van der Waals surface area (Å²) in [6.45, 7) is 2.25. The van der Waals surface area contributed by atoms with Crippen LogP contribution in [-0.2, 0) is 19.1 Å². The molecule has 1 aliphatic rings. The fraction of sp³-hybridized carbons (Fsp3) is 0.750. The molecule has 0 aromatic rings. The second-order valence-electron chi connectivity index (χ2n) is 2.68. The first kappa shape index (κ1) is 9.03. The Morgan fingerprint density at radius 3 is 3.00 bits per heavy atom. The maximum Gasteiger partial charge on any atom is 0.347 e. The van der Waals surface area contributed by atoms with Gasteiger partial charge in [-0.25, -0.2) is 4.79 Å². The van der Waals surface area contributed by atoms with Gasteiger partial charge in [-0.1, -0.05) is 6.92 Å². The summed E-state index contributed by atoms with van der Waals surface area (Å²) in [7, 11) is 0. The zero-order valence-electron chi connectivity index (χ0n) is 7.04. The Bertz CT molecular complexity index is 187. The van der Waals surface area contributed by atoms with E-state index in [0.717, 1.165) is 6.42 Å². The van der Waals surface area contributed by atoms with Crippen LogP contribution in [0.2, 0.25) is 0 Å². The highest BCUT2D eigenvalue weighted by Gasteiger charge is 2.29. The number of cyclic esters (lactones) is 1. The molecule has 4 nitrogen and oxygen atoms in total. The number of carbonyl (C=O) groups excluding carboxylic acids is 2. The lowest BCUT2D eigenvalue weighted by atomic mass is 10.3. The molecule has 0 aromatic heterocycles. The largest absolute Gasteiger partial charge is 0.463 e. The Morgan fingerprint density at radius 2 is 2.50 bits per heavy atom. The van der Waals surface area contributed by atoms with Crippen molar-refractivity contribution in [2.45, 2.75) is 32.3 Å². The molecule has 1 heterocycles. The first-order chi connectivity index (χ1) is 5.74. The maximum atomic E-state index is 10.9. The van der Waals surface area contributed by atoms with Crippen molar-refractivity contribution in [1.82, 2.24) is 0 Å². The van der Waals surface area contributed by atoms with E-state index in [9.17, 15) is 9.59 Å². The van der Waals surface area contributed by atoms with E-state index in [4.69, 9.17) is 4.74 Å². The first-order valence-electron chi connectivity index (χ1n) is 4.10. The van der Waals surface area contributed by atoms with Crippen LogP contribution in [0.25, 0.3) is 0 Å². The van der Waals surface area contributed by atoms with E-state index in [-0.39, 0.29) is 5.97 Å². The van der Waals surface area contributed by atoms with Crippen LogP contribution in [0.15, 0.2) is 0 Å². The Morgan fingerprint density at radius 1 is 1.75 bits per heavy atom. The van der Waals surface area contributed by atoms with Crippen molar-refractivity contribution in [2.24, 2.45) is 0 Å². The number of hydrogen-bond donors (Lipinski definition) is 0. The Kier molecular flexibility index (Phi) is 3.08. The summed E-state index contributed by atoms with van der Waals surface area (Å²) >= 11 is 0. The highest BCUT2D eigenvalue weighted by molar-refractivity contribution is 5.80. The van der Waals surface area contributed by atoms with Crippen molar-refractivity contribution >= 4 is 11.9 Å². The summed E-state index contributed by atoms with van der Waals surface area (Å²) < 4.78 is 9.48. The smallest absolute Gasteiger partial charge is 0.347 e. The predicted molar refractivity (Wildman–Crippen MR) is 40.4 cm³/mol. The molecule has 0 saturated carbocycles. The van der Waals surface area contributed by atoms with Crippen LogP contribution in [0.3, 0.4) is 0 Å². The minimum absolute atomic E-state index is 0.318. The van der Waals surface area contributed by atoms with E-state index in [2.05, 4.69) is 4.74 Å². The van der Waals surface area contributed by atoms with Crippen LogP contribution in [-0.4, -0.2) is 24.6 Å². The molecule has 0 radical (unpaired) electrons. The summed E-state index contributed by atoms with van der Waals surface area (Å²) in [5.74, 6) is -0.735. The van der Waals surface area contributed by atoms with Gasteiger partial charge in [-0.2, -0.15) is 0 Å². The second kappa shape index (κ2) is 4.09. The van der Waals surface area contributed by atoms with Crippen LogP contribution >= 0.6 is 0 Å². The van der Waals surface area contributed by atoms with Gasteiger partial charge in [0.2, 0.25) is 6.10 Å². The van der Waals surface area contributed by atoms with Gasteiger partial charge in [0.15, 0.2) is 0 Å². The van der Waals surface area contributed by atoms with E-state index in [1.807, 2.05) is 6.92 Å². The number of ether oxygens (including phenoxy) is 2. The molecule has 0 spiro atoms. The lowest BCUT2D eigenvalue weighted by molar-refractivity contribution is -0.160. The van der Waals surface area contributed by atoms with Crippen LogP contribution in [0.5, 0.6) is 0 Å². The van der Waals surface area contributed by atoms with Crippen LogP contribution in [0, 0.1) is 0 Å². The Hall–Kier alpha value is -1.06. The number of esters is 2. The topological polar surface area (TPSA) is 52.6 Å². The fourth-order valence-corrected chi connectivity index (χ4v) is 1.01. The van der Waals surface area contributed by atoms with Crippen LogP contribution < -0.4 is 0 Å². The minimum atomic E-state index is -0.649. The average Bonchev–Trinajstić information content (AvgIpc) is 2.37. The van der Waals surface area contributed by atoms with E-state index in [1.165, 1.54) is 0 Å². The zero-order valence-corrected chi connectivity index (χ0v) is 7.04. The van der Waals surface area contributed by atoms with Crippen molar-refractivity contribution < 1.29 is 19.1 Å². The SMILES string of the molecule is CCCC(=O)OC1CCOC1=O. The van der Waals surface area contributed by atoms with Crippen molar-refractivity contribution in [3.05, 3.63) is 0 Å². The molecule has 68 valence electrons. The minimum Gasteiger partial charge on any atom is -0.463 e. The quantitative estimate of drug-likeness (QED) is 0.586. The lowest BCUT2D eigenvalue weighted by Gasteiger charge is -2.06. The fourth-order valence-electron chi connectivity index (χ4n) is 1.01. The molecule has 0 aromatic carbocycles. The van der Waals surface area contributed by atoms with Gasteiger partial charge in [0.1, 0.15) is 0 Å². The highest BCUT2D eigenvalue weighted by Crippen LogP contribution is 2.11. The molecule has 1 saturated heterocycles. The van der Waals surface area contributed by atoms with Gasteiger partial charge in [-0.15, -0.1) is 0 Å². The number of carbonyl (C=O) groups is 2. The Labute approximate surface area is 70.8 Å². The second-order valence-corrected chi connectivity index (χ2v) is 2.68. The van der Waals surface area contributed by atoms with E-state index < -0.39 is 12.1 Å². The maximum absolute atomic E-state index is 10.9. The normalized spacial score (nSPS) is 22.1. The van der Waals surface area contributed by atoms with Gasteiger partial charge >= 0.3 is 11.9 Å². The molecule has 0 aliphatic carbocycles. The third-order valence-corrected chi connectivity index (χ3v) is 1.62. The average molecular weight is 172 g/mol. The molecule has 0 bridgehead atoms. The highest BCUT2D eigenvalue weighted by atomic mass is 16.6. The zero-order chi connectivity index (χ0) is 8.97. The van der Waals surface area contributed by atoms with Crippen molar-refractivity contribution in [2.75, 3.05) is 6.61 Å². The lowest BCUT2D eigenvalue weighted by Crippen LogP contribution is -2.22. The molecule has 0 amide bonds.